The van der Waals surface area contributed by atoms with Gasteiger partial charge in [-0.1, -0.05) is 84.4 Å². The van der Waals surface area contributed by atoms with Gasteiger partial charge in [-0.15, -0.1) is 0 Å². The number of allylic oxidation sites excluding steroid dienone is 2. The summed E-state index contributed by atoms with van der Waals surface area (Å²) in [6.07, 6.45) is 8.73. The molecule has 0 aromatic heterocycles. The summed E-state index contributed by atoms with van der Waals surface area (Å²) in [5, 5.41) is 6.16. The Morgan fingerprint density at radius 2 is 1.68 bits per heavy atom. The number of rotatable bonds is 7. The third-order valence-corrected chi connectivity index (χ3v) is 8.76. The predicted octanol–water partition coefficient (Wildman–Crippen LogP) is 8.24. The molecule has 1 amide bonds. The molecule has 6 rings (SSSR count). The van der Waals surface area contributed by atoms with Crippen molar-refractivity contribution in [2.24, 2.45) is 0 Å². The van der Waals surface area contributed by atoms with Gasteiger partial charge in [-0.3, -0.25) is 9.69 Å². The van der Waals surface area contributed by atoms with Gasteiger partial charge >= 0.3 is 0 Å². The summed E-state index contributed by atoms with van der Waals surface area (Å²) >= 11 is 6.07. The van der Waals surface area contributed by atoms with Crippen LogP contribution < -0.4 is 5.32 Å². The highest BCUT2D eigenvalue weighted by atomic mass is 35.5. The Hall–Kier alpha value is -3.70. The van der Waals surface area contributed by atoms with Gasteiger partial charge in [-0.25, -0.2) is 0 Å². The number of benzene rings is 4. The van der Waals surface area contributed by atoms with E-state index in [1.165, 1.54) is 29.4 Å². The second-order valence-electron chi connectivity index (χ2n) is 11.1. The number of anilines is 1. The second-order valence-corrected chi connectivity index (χ2v) is 11.5. The van der Waals surface area contributed by atoms with Crippen molar-refractivity contribution in [3.05, 3.63) is 131 Å². The minimum Gasteiger partial charge on any atom is -0.364 e. The van der Waals surface area contributed by atoms with Crippen LogP contribution in [0.5, 0.6) is 0 Å². The summed E-state index contributed by atoms with van der Waals surface area (Å²) in [6, 6.07) is 31.2. The molecule has 1 unspecified atom stereocenters. The van der Waals surface area contributed by atoms with E-state index in [0.717, 1.165) is 46.9 Å². The van der Waals surface area contributed by atoms with Crippen LogP contribution in [0.15, 0.2) is 109 Å². The standard InChI is InChI=1S/C36H35ClN2O2/c1-41-36(19-15-29(16-20-36)27-5-3-2-4-6-27)35(40)38-34-14-11-31-23-26(7-8-32(31)24-34)25-39-21-17-30(18-22-39)28-9-12-33(37)13-10-28/h2-16,19,23-24,30H,17-18,20-22,25H2,1H3,(H,38,40). The van der Waals surface area contributed by atoms with Gasteiger partial charge in [0, 0.05) is 30.8 Å². The van der Waals surface area contributed by atoms with E-state index in [1.54, 1.807) is 7.11 Å². The van der Waals surface area contributed by atoms with Crippen LogP contribution in [0, 0.1) is 0 Å². The molecule has 1 atom stereocenters. The average molecular weight is 563 g/mol. The number of carbonyl (C=O) groups excluding carboxylic acids is 1. The van der Waals surface area contributed by atoms with Gasteiger partial charge in [0.25, 0.3) is 5.91 Å². The van der Waals surface area contributed by atoms with E-state index < -0.39 is 5.60 Å². The maximum Gasteiger partial charge on any atom is 0.260 e. The molecule has 0 bridgehead atoms. The van der Waals surface area contributed by atoms with Crippen LogP contribution in [-0.2, 0) is 16.1 Å². The molecule has 208 valence electrons. The molecule has 4 aromatic carbocycles. The lowest BCUT2D eigenvalue weighted by atomic mass is 9.88. The van der Waals surface area contributed by atoms with E-state index in [0.29, 0.717) is 12.3 Å². The van der Waals surface area contributed by atoms with Crippen LogP contribution in [0.25, 0.3) is 16.3 Å². The lowest BCUT2D eigenvalue weighted by Gasteiger charge is -2.32. The van der Waals surface area contributed by atoms with E-state index >= 15 is 0 Å². The van der Waals surface area contributed by atoms with Gasteiger partial charge < -0.3 is 10.1 Å². The number of methoxy groups -OCH3 is 1. The van der Waals surface area contributed by atoms with Crippen molar-refractivity contribution in [3.8, 4) is 0 Å². The SMILES string of the molecule is COC1(C(=O)Nc2ccc3cc(CN4CCC(c5ccc(Cl)cc5)CC4)ccc3c2)C=CC(c2ccccc2)=CC1. The van der Waals surface area contributed by atoms with E-state index in [-0.39, 0.29) is 5.91 Å². The van der Waals surface area contributed by atoms with E-state index in [9.17, 15) is 4.79 Å². The Balaban J connectivity index is 1.07. The molecule has 41 heavy (non-hydrogen) atoms. The lowest BCUT2D eigenvalue weighted by molar-refractivity contribution is -0.132. The first kappa shape index (κ1) is 27.5. The molecule has 1 fully saturated rings. The van der Waals surface area contributed by atoms with E-state index in [1.807, 2.05) is 54.6 Å². The van der Waals surface area contributed by atoms with Crippen LogP contribution in [0.2, 0.25) is 5.02 Å². The number of fused-ring (bicyclic) bond motifs is 1. The Morgan fingerprint density at radius 3 is 2.39 bits per heavy atom. The van der Waals surface area contributed by atoms with Crippen molar-refractivity contribution in [2.75, 3.05) is 25.5 Å². The van der Waals surface area contributed by atoms with Crippen molar-refractivity contribution in [1.82, 2.24) is 4.90 Å². The third kappa shape index (κ3) is 6.15. The average Bonchev–Trinajstić information content (AvgIpc) is 3.02. The van der Waals surface area contributed by atoms with Crippen LogP contribution in [-0.4, -0.2) is 36.6 Å². The summed E-state index contributed by atoms with van der Waals surface area (Å²) in [6.45, 7) is 3.13. The molecule has 1 saturated heterocycles. The predicted molar refractivity (Wildman–Crippen MR) is 169 cm³/mol. The molecule has 1 aliphatic heterocycles. The number of amides is 1. The van der Waals surface area contributed by atoms with Gasteiger partial charge in [-0.2, -0.15) is 0 Å². The topological polar surface area (TPSA) is 41.6 Å². The summed E-state index contributed by atoms with van der Waals surface area (Å²) in [4.78, 5) is 15.9. The number of hydrogen-bond acceptors (Lipinski definition) is 3. The number of carbonyl (C=O) groups is 1. The smallest absolute Gasteiger partial charge is 0.260 e. The Bertz CT molecular complexity index is 1590. The molecule has 2 aliphatic rings. The van der Waals surface area contributed by atoms with Crippen LogP contribution in [0.1, 0.15) is 41.9 Å². The normalized spacial score (nSPS) is 19.7. The zero-order valence-electron chi connectivity index (χ0n) is 23.4. The number of nitrogens with zero attached hydrogens (tertiary/aromatic N) is 1. The summed E-state index contributed by atoms with van der Waals surface area (Å²) < 4.78 is 5.76. The highest BCUT2D eigenvalue weighted by Gasteiger charge is 2.37. The molecule has 5 heteroatoms. The first-order valence-electron chi connectivity index (χ1n) is 14.3. The number of likely N-dealkylation sites (tertiary alicyclic amines) is 1. The third-order valence-electron chi connectivity index (χ3n) is 8.51. The van der Waals surface area contributed by atoms with E-state index in [2.05, 4.69) is 64.8 Å². The first-order valence-corrected chi connectivity index (χ1v) is 14.7. The van der Waals surface area contributed by atoms with Crippen molar-refractivity contribution < 1.29 is 9.53 Å². The monoisotopic (exact) mass is 562 g/mol. The molecule has 1 aliphatic carbocycles. The fourth-order valence-electron chi connectivity index (χ4n) is 6.00. The minimum absolute atomic E-state index is 0.169. The Morgan fingerprint density at radius 1 is 0.951 bits per heavy atom. The molecule has 4 aromatic rings. The van der Waals surface area contributed by atoms with Crippen molar-refractivity contribution in [1.29, 1.82) is 0 Å². The molecular weight excluding hydrogens is 528 g/mol. The van der Waals surface area contributed by atoms with Crippen LogP contribution in [0.4, 0.5) is 5.69 Å². The second kappa shape index (κ2) is 12.0. The molecule has 1 N–H and O–H groups in total. The molecular formula is C36H35ClN2O2. The summed E-state index contributed by atoms with van der Waals surface area (Å²) in [5.74, 6) is 0.439. The zero-order valence-corrected chi connectivity index (χ0v) is 24.1. The van der Waals surface area contributed by atoms with Crippen molar-refractivity contribution in [3.63, 3.8) is 0 Å². The minimum atomic E-state index is -1.03. The van der Waals surface area contributed by atoms with Crippen molar-refractivity contribution >= 4 is 39.5 Å². The number of nitrogens with one attached hydrogen (secondary N) is 1. The maximum absolute atomic E-state index is 13.4. The number of halogens is 1. The quantitative estimate of drug-likeness (QED) is 0.246. The lowest BCUT2D eigenvalue weighted by Crippen LogP contribution is -2.43. The first-order chi connectivity index (χ1) is 20.0. The molecule has 0 spiro atoms. The molecule has 4 nitrogen and oxygen atoms in total. The molecule has 0 saturated carbocycles. The van der Waals surface area contributed by atoms with Gasteiger partial charge in [0.05, 0.1) is 0 Å². The highest BCUT2D eigenvalue weighted by molar-refractivity contribution is 6.30. The maximum atomic E-state index is 13.4. The summed E-state index contributed by atoms with van der Waals surface area (Å²) in [5.41, 5.74) is 4.67. The molecule has 0 radical (unpaired) electrons. The zero-order chi connectivity index (χ0) is 28.2. The fraction of sp³-hybridized carbons (Fsp3) is 0.250. The Kier molecular flexibility index (Phi) is 8.06. The van der Waals surface area contributed by atoms with Crippen LogP contribution in [0.3, 0.4) is 0 Å². The highest BCUT2D eigenvalue weighted by Crippen LogP contribution is 2.32. The van der Waals surface area contributed by atoms with Crippen LogP contribution >= 0.6 is 11.6 Å². The van der Waals surface area contributed by atoms with Gasteiger partial charge in [0.1, 0.15) is 0 Å². The summed E-state index contributed by atoms with van der Waals surface area (Å²) in [7, 11) is 1.59. The number of hydrogen-bond donors (Lipinski definition) is 1. The Labute approximate surface area is 247 Å². The van der Waals surface area contributed by atoms with Crippen molar-refractivity contribution in [2.45, 2.75) is 37.3 Å². The van der Waals surface area contributed by atoms with Gasteiger partial charge in [-0.05, 0) is 101 Å². The van der Waals surface area contributed by atoms with Gasteiger partial charge in [0.2, 0.25) is 0 Å². The molecule has 1 heterocycles. The number of piperidine rings is 1. The van der Waals surface area contributed by atoms with Gasteiger partial charge in [0.15, 0.2) is 5.60 Å². The van der Waals surface area contributed by atoms with E-state index in [4.69, 9.17) is 16.3 Å². The largest absolute Gasteiger partial charge is 0.364 e. The fourth-order valence-corrected chi connectivity index (χ4v) is 6.13. The number of ether oxygens (including phenoxy) is 1.